The van der Waals surface area contributed by atoms with Crippen LogP contribution in [0.25, 0.3) is 0 Å². The molecule has 0 saturated heterocycles. The average Bonchev–Trinajstić information content (AvgIpc) is 2.51. The van der Waals surface area contributed by atoms with Gasteiger partial charge in [-0.2, -0.15) is 0 Å². The normalized spacial score (nSPS) is 11.8. The standard InChI is InChI=1S/C19H32O2/c1-4-7-11-15-19(6-3)21-18-14-10-9-13-17-20-16-12-8-5-2/h3-5,19H,1-2,7-18H2. The molecule has 0 aliphatic rings. The fourth-order valence-electron chi connectivity index (χ4n) is 1.98. The van der Waals surface area contributed by atoms with Crippen molar-refractivity contribution in [2.75, 3.05) is 19.8 Å². The Kier molecular flexibility index (Phi) is 16.2. The van der Waals surface area contributed by atoms with Gasteiger partial charge in [0.05, 0.1) is 0 Å². The van der Waals surface area contributed by atoms with Gasteiger partial charge in [-0.15, -0.1) is 19.6 Å². The molecule has 0 aromatic heterocycles. The molecule has 1 atom stereocenters. The predicted molar refractivity (Wildman–Crippen MR) is 91.3 cm³/mol. The van der Waals surface area contributed by atoms with E-state index in [1.165, 1.54) is 12.8 Å². The first-order valence-electron chi connectivity index (χ1n) is 8.22. The highest BCUT2D eigenvalue weighted by atomic mass is 16.5. The molecular formula is C19H32O2. The number of terminal acetylenes is 1. The summed E-state index contributed by atoms with van der Waals surface area (Å²) in [4.78, 5) is 0. The average molecular weight is 292 g/mol. The fourth-order valence-corrected chi connectivity index (χ4v) is 1.98. The lowest BCUT2D eigenvalue weighted by Crippen LogP contribution is -2.11. The number of ether oxygens (including phenoxy) is 2. The molecule has 0 aliphatic carbocycles. The summed E-state index contributed by atoms with van der Waals surface area (Å²) in [7, 11) is 0. The third-order valence-electron chi connectivity index (χ3n) is 3.26. The molecule has 21 heavy (non-hydrogen) atoms. The molecule has 1 unspecified atom stereocenters. The molecule has 2 heteroatoms. The van der Waals surface area contributed by atoms with Crippen molar-refractivity contribution in [2.45, 2.75) is 63.9 Å². The largest absolute Gasteiger partial charge is 0.381 e. The third-order valence-corrected chi connectivity index (χ3v) is 3.26. The van der Waals surface area contributed by atoms with Gasteiger partial charge in [-0.1, -0.05) is 30.9 Å². The van der Waals surface area contributed by atoms with Crippen molar-refractivity contribution in [1.29, 1.82) is 0 Å². The van der Waals surface area contributed by atoms with Gasteiger partial charge in [0.25, 0.3) is 0 Å². The first-order chi connectivity index (χ1) is 10.3. The quantitative estimate of drug-likeness (QED) is 0.229. The maximum Gasteiger partial charge on any atom is 0.117 e. The predicted octanol–water partition coefficient (Wildman–Crippen LogP) is 4.90. The van der Waals surface area contributed by atoms with Crippen molar-refractivity contribution < 1.29 is 9.47 Å². The Labute approximate surface area is 131 Å². The van der Waals surface area contributed by atoms with Gasteiger partial charge in [-0.05, 0) is 44.9 Å². The van der Waals surface area contributed by atoms with E-state index in [2.05, 4.69) is 19.1 Å². The lowest BCUT2D eigenvalue weighted by atomic mass is 10.1. The summed E-state index contributed by atoms with van der Waals surface area (Å²) in [5, 5.41) is 0. The second-order valence-electron chi connectivity index (χ2n) is 5.20. The molecule has 0 aromatic carbocycles. The van der Waals surface area contributed by atoms with Gasteiger partial charge in [-0.3, -0.25) is 0 Å². The van der Waals surface area contributed by atoms with Crippen LogP contribution < -0.4 is 0 Å². The number of allylic oxidation sites excluding steroid dienone is 2. The summed E-state index contributed by atoms with van der Waals surface area (Å²) in [6.07, 6.45) is 19.0. The molecule has 0 heterocycles. The summed E-state index contributed by atoms with van der Waals surface area (Å²) >= 11 is 0. The van der Waals surface area contributed by atoms with E-state index in [4.69, 9.17) is 15.9 Å². The van der Waals surface area contributed by atoms with E-state index < -0.39 is 0 Å². The van der Waals surface area contributed by atoms with Gasteiger partial charge < -0.3 is 9.47 Å². The van der Waals surface area contributed by atoms with E-state index in [9.17, 15) is 0 Å². The topological polar surface area (TPSA) is 18.5 Å². The van der Waals surface area contributed by atoms with Gasteiger partial charge >= 0.3 is 0 Å². The van der Waals surface area contributed by atoms with E-state index in [1.54, 1.807) is 0 Å². The second-order valence-corrected chi connectivity index (χ2v) is 5.20. The van der Waals surface area contributed by atoms with E-state index in [-0.39, 0.29) is 6.10 Å². The zero-order valence-electron chi connectivity index (χ0n) is 13.5. The highest BCUT2D eigenvalue weighted by Crippen LogP contribution is 2.07. The van der Waals surface area contributed by atoms with Crippen molar-refractivity contribution in [2.24, 2.45) is 0 Å². The number of hydrogen-bond acceptors (Lipinski definition) is 2. The van der Waals surface area contributed by atoms with Crippen LogP contribution in [0.1, 0.15) is 57.8 Å². The van der Waals surface area contributed by atoms with Gasteiger partial charge in [-0.25, -0.2) is 0 Å². The van der Waals surface area contributed by atoms with Crippen LogP contribution in [0.2, 0.25) is 0 Å². The maximum absolute atomic E-state index is 5.70. The van der Waals surface area contributed by atoms with Crippen LogP contribution in [0, 0.1) is 12.3 Å². The first-order valence-corrected chi connectivity index (χ1v) is 8.22. The molecule has 0 fully saturated rings. The van der Waals surface area contributed by atoms with E-state index >= 15 is 0 Å². The molecule has 120 valence electrons. The Balaban J connectivity index is 3.25. The van der Waals surface area contributed by atoms with Gasteiger partial charge in [0, 0.05) is 19.8 Å². The Morgan fingerprint density at radius 2 is 1.48 bits per heavy atom. The Morgan fingerprint density at radius 3 is 2.14 bits per heavy atom. The molecule has 0 amide bonds. The van der Waals surface area contributed by atoms with Crippen LogP contribution in [0.15, 0.2) is 25.3 Å². The number of hydrogen-bond donors (Lipinski definition) is 0. The third kappa shape index (κ3) is 15.2. The van der Waals surface area contributed by atoms with Crippen molar-refractivity contribution in [3.05, 3.63) is 25.3 Å². The first kappa shape index (κ1) is 20.0. The molecule has 2 nitrogen and oxygen atoms in total. The van der Waals surface area contributed by atoms with Crippen LogP contribution in [-0.4, -0.2) is 25.9 Å². The van der Waals surface area contributed by atoms with Crippen molar-refractivity contribution in [3.63, 3.8) is 0 Å². The number of unbranched alkanes of at least 4 members (excludes halogenated alkanes) is 5. The number of rotatable bonds is 16. The van der Waals surface area contributed by atoms with Crippen molar-refractivity contribution in [3.8, 4) is 12.3 Å². The van der Waals surface area contributed by atoms with E-state index in [0.29, 0.717) is 0 Å². The van der Waals surface area contributed by atoms with Crippen LogP contribution >= 0.6 is 0 Å². The van der Waals surface area contributed by atoms with Crippen molar-refractivity contribution >= 4 is 0 Å². The zero-order valence-corrected chi connectivity index (χ0v) is 13.5. The second kappa shape index (κ2) is 17.0. The summed E-state index contributed by atoms with van der Waals surface area (Å²) in [6, 6.07) is 0. The van der Waals surface area contributed by atoms with Crippen LogP contribution in [0.5, 0.6) is 0 Å². The van der Waals surface area contributed by atoms with Crippen LogP contribution in [0.3, 0.4) is 0 Å². The highest BCUT2D eigenvalue weighted by Gasteiger charge is 2.03. The molecule has 0 rings (SSSR count). The Morgan fingerprint density at radius 1 is 0.857 bits per heavy atom. The molecule has 0 aliphatic heterocycles. The molecule has 0 bridgehead atoms. The van der Waals surface area contributed by atoms with Crippen molar-refractivity contribution in [1.82, 2.24) is 0 Å². The minimum atomic E-state index is -0.0295. The SMILES string of the molecule is C#CC(CCCC=C)OCCCCCCOCCCC=C. The van der Waals surface area contributed by atoms with Crippen LogP contribution in [-0.2, 0) is 9.47 Å². The molecule has 0 aromatic rings. The summed E-state index contributed by atoms with van der Waals surface area (Å²) in [5.74, 6) is 2.71. The summed E-state index contributed by atoms with van der Waals surface area (Å²) in [5.41, 5.74) is 0. The molecule has 0 N–H and O–H groups in total. The van der Waals surface area contributed by atoms with E-state index in [0.717, 1.165) is 64.8 Å². The lowest BCUT2D eigenvalue weighted by Gasteiger charge is -2.11. The fraction of sp³-hybridized carbons (Fsp3) is 0.684. The lowest BCUT2D eigenvalue weighted by molar-refractivity contribution is 0.0803. The zero-order chi connectivity index (χ0) is 15.6. The van der Waals surface area contributed by atoms with Gasteiger partial charge in [0.15, 0.2) is 0 Å². The maximum atomic E-state index is 5.70. The molecule has 0 saturated carbocycles. The smallest absolute Gasteiger partial charge is 0.117 e. The van der Waals surface area contributed by atoms with Crippen LogP contribution in [0.4, 0.5) is 0 Å². The molecular weight excluding hydrogens is 260 g/mol. The van der Waals surface area contributed by atoms with Gasteiger partial charge in [0.1, 0.15) is 6.10 Å². The minimum absolute atomic E-state index is 0.0295. The summed E-state index contributed by atoms with van der Waals surface area (Å²) in [6.45, 7) is 9.89. The molecule has 0 radical (unpaired) electrons. The Hall–Kier alpha value is -1.04. The minimum Gasteiger partial charge on any atom is -0.381 e. The monoisotopic (exact) mass is 292 g/mol. The van der Waals surface area contributed by atoms with E-state index in [1.807, 2.05) is 12.2 Å². The highest BCUT2D eigenvalue weighted by molar-refractivity contribution is 4.94. The Bertz CT molecular complexity index is 278. The molecule has 0 spiro atoms. The summed E-state index contributed by atoms with van der Waals surface area (Å²) < 4.78 is 11.2. The van der Waals surface area contributed by atoms with Gasteiger partial charge in [0.2, 0.25) is 0 Å².